The van der Waals surface area contributed by atoms with Crippen LogP contribution in [0, 0.1) is 11.3 Å². The van der Waals surface area contributed by atoms with E-state index in [9.17, 15) is 5.26 Å². The Morgan fingerprint density at radius 1 is 0.968 bits per heavy atom. The summed E-state index contributed by atoms with van der Waals surface area (Å²) < 4.78 is 7.43. The van der Waals surface area contributed by atoms with Gasteiger partial charge in [0.1, 0.15) is 17.6 Å². The molecule has 0 saturated carbocycles. The molecule has 2 aliphatic heterocycles. The summed E-state index contributed by atoms with van der Waals surface area (Å²) in [5, 5.41) is 13.7. The monoisotopic (exact) mass is 404 g/mol. The van der Waals surface area contributed by atoms with E-state index in [0.29, 0.717) is 10.0 Å². The molecule has 4 heteroatoms. The maximum atomic E-state index is 9.22. The molecule has 0 fully saturated rings. The van der Waals surface area contributed by atoms with Gasteiger partial charge in [0, 0.05) is 17.0 Å². The first-order valence-electron chi connectivity index (χ1n) is 10.5. The summed E-state index contributed by atoms with van der Waals surface area (Å²) in [6.07, 6.45) is 2.01. The molecule has 0 aliphatic carbocycles. The summed E-state index contributed by atoms with van der Waals surface area (Å²) in [6.45, 7) is 2.25. The van der Waals surface area contributed by atoms with Gasteiger partial charge in [0.2, 0.25) is 0 Å². The fourth-order valence-corrected chi connectivity index (χ4v) is 5.50. The minimum absolute atomic E-state index is 0.122. The predicted octanol–water partition coefficient (Wildman–Crippen LogP) is 6.04. The molecule has 0 aromatic heterocycles. The molecule has 0 N–H and O–H groups in total. The zero-order valence-electron chi connectivity index (χ0n) is 17.8. The van der Waals surface area contributed by atoms with Gasteiger partial charge in [0.25, 0.3) is 5.72 Å². The highest BCUT2D eigenvalue weighted by atomic mass is 16.5. The lowest BCUT2D eigenvalue weighted by atomic mass is 9.89. The van der Waals surface area contributed by atoms with Crippen LogP contribution in [0.3, 0.4) is 0 Å². The van der Waals surface area contributed by atoms with Gasteiger partial charge in [-0.3, -0.25) is 4.48 Å². The molecule has 2 unspecified atom stereocenters. The third-order valence-electron chi connectivity index (χ3n) is 7.21. The molecule has 4 nitrogen and oxygen atoms in total. The third kappa shape index (κ3) is 2.19. The molecule has 0 saturated heterocycles. The standard InChI is InChI=1S/C27H22N3O/c1-17-25-21-7-5-4-6-19(21)9-12-23(25)30(2,3)27(17)16-29-26-22-11-8-18(15-28)14-20(22)10-13-24(26)31-27/h4-14,16-17H,1-3H3/q+1. The minimum atomic E-state index is -0.625. The van der Waals surface area contributed by atoms with Crippen LogP contribution in [0.25, 0.3) is 21.5 Å². The van der Waals surface area contributed by atoms with Crippen LogP contribution in [-0.4, -0.2) is 26.0 Å². The number of ether oxygens (including phenoxy) is 1. The van der Waals surface area contributed by atoms with Gasteiger partial charge in [-0.1, -0.05) is 36.4 Å². The second-order valence-electron chi connectivity index (χ2n) is 8.97. The number of quaternary nitrogens is 1. The zero-order valence-corrected chi connectivity index (χ0v) is 17.8. The number of fused-ring (bicyclic) bond motifs is 6. The van der Waals surface area contributed by atoms with E-state index >= 15 is 0 Å². The second-order valence-corrected chi connectivity index (χ2v) is 8.97. The van der Waals surface area contributed by atoms with Crippen molar-refractivity contribution in [1.29, 1.82) is 5.26 Å². The van der Waals surface area contributed by atoms with Gasteiger partial charge in [0.05, 0.1) is 31.6 Å². The smallest absolute Gasteiger partial charge is 0.291 e. The van der Waals surface area contributed by atoms with E-state index in [0.717, 1.165) is 22.2 Å². The first-order chi connectivity index (χ1) is 15.0. The summed E-state index contributed by atoms with van der Waals surface area (Å²) in [5.74, 6) is 0.909. The number of likely N-dealkylation sites (N-methyl/N-ethyl adjacent to an activating group) is 1. The summed E-state index contributed by atoms with van der Waals surface area (Å²) in [6, 6.07) is 24.9. The molecular weight excluding hydrogens is 382 g/mol. The van der Waals surface area contributed by atoms with Gasteiger partial charge in [-0.2, -0.15) is 5.26 Å². The van der Waals surface area contributed by atoms with Gasteiger partial charge in [-0.05, 0) is 47.3 Å². The number of nitrogens with zero attached hydrogens (tertiary/aromatic N) is 3. The van der Waals surface area contributed by atoms with Crippen molar-refractivity contribution in [2.24, 2.45) is 4.99 Å². The van der Waals surface area contributed by atoms with Crippen LogP contribution in [0.4, 0.5) is 11.4 Å². The molecule has 0 amide bonds. The van der Waals surface area contributed by atoms with Crippen molar-refractivity contribution in [3.05, 3.63) is 77.9 Å². The number of hydrogen-bond acceptors (Lipinski definition) is 3. The first kappa shape index (κ1) is 18.1. The van der Waals surface area contributed by atoms with E-state index in [4.69, 9.17) is 9.73 Å². The summed E-state index contributed by atoms with van der Waals surface area (Å²) in [7, 11) is 4.41. The molecule has 2 atom stereocenters. The molecule has 0 radical (unpaired) electrons. The Morgan fingerprint density at radius 3 is 2.61 bits per heavy atom. The maximum Gasteiger partial charge on any atom is 0.291 e. The van der Waals surface area contributed by atoms with Crippen LogP contribution in [0.15, 0.2) is 71.7 Å². The highest BCUT2D eigenvalue weighted by Gasteiger charge is 2.62. The van der Waals surface area contributed by atoms with Crippen LogP contribution < -0.4 is 9.22 Å². The van der Waals surface area contributed by atoms with Crippen LogP contribution in [0.5, 0.6) is 5.75 Å². The van der Waals surface area contributed by atoms with Gasteiger partial charge in [-0.25, -0.2) is 4.99 Å². The molecule has 31 heavy (non-hydrogen) atoms. The predicted molar refractivity (Wildman–Crippen MR) is 126 cm³/mol. The lowest BCUT2D eigenvalue weighted by Gasteiger charge is -2.43. The van der Waals surface area contributed by atoms with E-state index < -0.39 is 5.72 Å². The maximum absolute atomic E-state index is 9.22. The molecule has 4 aromatic rings. The largest absolute Gasteiger partial charge is 0.432 e. The number of rotatable bonds is 0. The van der Waals surface area contributed by atoms with Crippen molar-refractivity contribution in [1.82, 2.24) is 4.48 Å². The molecule has 4 aromatic carbocycles. The van der Waals surface area contributed by atoms with Crippen molar-refractivity contribution >= 4 is 39.1 Å². The Labute approximate surface area is 181 Å². The van der Waals surface area contributed by atoms with Gasteiger partial charge in [0.15, 0.2) is 5.75 Å². The molecule has 2 aliphatic rings. The summed E-state index contributed by atoms with van der Waals surface area (Å²) in [4.78, 5) is 4.97. The van der Waals surface area contributed by atoms with Crippen molar-refractivity contribution in [3.8, 4) is 11.8 Å². The average Bonchev–Trinajstić information content (AvgIpc) is 2.96. The van der Waals surface area contributed by atoms with Gasteiger partial charge < -0.3 is 4.74 Å². The highest BCUT2D eigenvalue weighted by Crippen LogP contribution is 2.55. The van der Waals surface area contributed by atoms with E-state index in [-0.39, 0.29) is 5.92 Å². The summed E-state index contributed by atoms with van der Waals surface area (Å²) >= 11 is 0. The van der Waals surface area contributed by atoms with Crippen LogP contribution in [0.1, 0.15) is 24.0 Å². The quantitative estimate of drug-likeness (QED) is 0.335. The molecule has 2 heterocycles. The Balaban J connectivity index is 1.55. The zero-order chi connectivity index (χ0) is 21.4. The number of hydrogen-bond donors (Lipinski definition) is 0. The Kier molecular flexibility index (Phi) is 3.47. The number of nitriles is 1. The summed E-state index contributed by atoms with van der Waals surface area (Å²) in [5.41, 5.74) is 3.45. The van der Waals surface area contributed by atoms with Crippen molar-refractivity contribution in [2.45, 2.75) is 18.6 Å². The SMILES string of the molecule is CC1c2c(ccc3ccccc23)[N+](C)(C)C12C=Nc1c(ccc3cc(C#N)ccc13)O2. The van der Waals surface area contributed by atoms with Crippen molar-refractivity contribution < 1.29 is 4.74 Å². The first-order valence-corrected chi connectivity index (χ1v) is 10.5. The lowest BCUT2D eigenvalue weighted by Crippen LogP contribution is -2.65. The van der Waals surface area contributed by atoms with Crippen molar-refractivity contribution in [3.63, 3.8) is 0 Å². The van der Waals surface area contributed by atoms with E-state index in [1.54, 1.807) is 0 Å². The fourth-order valence-electron chi connectivity index (χ4n) is 5.50. The molecule has 6 rings (SSSR count). The van der Waals surface area contributed by atoms with Crippen molar-refractivity contribution in [2.75, 3.05) is 14.1 Å². The molecule has 150 valence electrons. The number of benzene rings is 4. The Hall–Kier alpha value is -3.68. The molecule has 1 spiro atoms. The van der Waals surface area contributed by atoms with Crippen LogP contribution in [0.2, 0.25) is 0 Å². The highest BCUT2D eigenvalue weighted by molar-refractivity contribution is 6.01. The average molecular weight is 404 g/mol. The fraction of sp³-hybridized carbons (Fsp3) is 0.185. The van der Waals surface area contributed by atoms with E-state index in [2.05, 4.69) is 63.5 Å². The lowest BCUT2D eigenvalue weighted by molar-refractivity contribution is 0.0102. The molecular formula is C27H22N3O+. The van der Waals surface area contributed by atoms with E-state index in [1.165, 1.54) is 22.0 Å². The number of aliphatic imine (C=N–C) groups is 1. The molecule has 0 bridgehead atoms. The topological polar surface area (TPSA) is 45.4 Å². The van der Waals surface area contributed by atoms with Crippen LogP contribution in [-0.2, 0) is 0 Å². The third-order valence-corrected chi connectivity index (χ3v) is 7.21. The van der Waals surface area contributed by atoms with E-state index in [1.807, 2.05) is 36.5 Å². The minimum Gasteiger partial charge on any atom is -0.432 e. The Morgan fingerprint density at radius 2 is 1.77 bits per heavy atom. The normalized spacial score (nSPS) is 22.8. The van der Waals surface area contributed by atoms with Crippen LogP contribution >= 0.6 is 0 Å². The second kappa shape index (κ2) is 5.94. The van der Waals surface area contributed by atoms with Gasteiger partial charge in [-0.15, -0.1) is 0 Å². The Bertz CT molecular complexity index is 1480. The van der Waals surface area contributed by atoms with Gasteiger partial charge >= 0.3 is 0 Å².